The summed E-state index contributed by atoms with van der Waals surface area (Å²) in [5.41, 5.74) is -0.856. The highest BCUT2D eigenvalue weighted by Crippen LogP contribution is 2.36. The Morgan fingerprint density at radius 1 is 1.11 bits per heavy atom. The number of rotatable bonds is 6. The third kappa shape index (κ3) is 3.16. The fraction of sp³-hybridized carbons (Fsp3) is 0.455. The van der Waals surface area contributed by atoms with E-state index in [2.05, 4.69) is 0 Å². The summed E-state index contributed by atoms with van der Waals surface area (Å²) in [5.74, 6) is -0.633. The molecule has 0 atom stereocenters. The minimum absolute atomic E-state index is 0.0251. The van der Waals surface area contributed by atoms with Gasteiger partial charge in [-0.2, -0.15) is 0 Å². The Labute approximate surface area is 109 Å². The van der Waals surface area contributed by atoms with Crippen molar-refractivity contribution in [2.45, 2.75) is 20.4 Å². The molecule has 0 aliphatic rings. The summed E-state index contributed by atoms with van der Waals surface area (Å²) >= 11 is 0. The van der Waals surface area contributed by atoms with Crippen molar-refractivity contribution < 1.29 is 15.0 Å². The summed E-state index contributed by atoms with van der Waals surface area (Å²) in [7, 11) is 0. The van der Waals surface area contributed by atoms with Gasteiger partial charge < -0.3 is 5.11 Å². The van der Waals surface area contributed by atoms with Crippen molar-refractivity contribution in [3.63, 3.8) is 0 Å². The van der Waals surface area contributed by atoms with Crippen LogP contribution in [0.1, 0.15) is 19.4 Å². The molecule has 0 bridgehead atoms. The number of hydrogen-bond donors (Lipinski definition) is 1. The molecule has 0 saturated carbocycles. The molecule has 8 nitrogen and oxygen atoms in total. The Bertz CT molecular complexity index is 499. The summed E-state index contributed by atoms with van der Waals surface area (Å²) in [5, 5.41) is 31.5. The monoisotopic (exact) mass is 269 g/mol. The lowest BCUT2D eigenvalue weighted by Crippen LogP contribution is -2.22. The second-order valence-electron chi connectivity index (χ2n) is 3.91. The van der Waals surface area contributed by atoms with Crippen molar-refractivity contribution >= 4 is 11.4 Å². The van der Waals surface area contributed by atoms with Gasteiger partial charge in [0.2, 0.25) is 5.75 Å². The maximum Gasteiger partial charge on any atom is 0.311 e. The number of nitro benzene ring substituents is 2. The Balaban J connectivity index is 3.34. The van der Waals surface area contributed by atoms with Gasteiger partial charge in [-0.05, 0) is 13.1 Å². The van der Waals surface area contributed by atoms with E-state index in [0.717, 1.165) is 12.1 Å². The molecule has 0 saturated heterocycles. The molecule has 19 heavy (non-hydrogen) atoms. The van der Waals surface area contributed by atoms with Crippen molar-refractivity contribution in [2.75, 3.05) is 13.1 Å². The first-order chi connectivity index (χ1) is 8.92. The highest BCUT2D eigenvalue weighted by molar-refractivity contribution is 5.59. The molecule has 1 N–H and O–H groups in total. The molecule has 8 heteroatoms. The summed E-state index contributed by atoms with van der Waals surface area (Å²) < 4.78 is 0. The second-order valence-corrected chi connectivity index (χ2v) is 3.91. The van der Waals surface area contributed by atoms with Gasteiger partial charge >= 0.3 is 5.69 Å². The van der Waals surface area contributed by atoms with Crippen molar-refractivity contribution in [3.05, 3.63) is 37.9 Å². The number of phenols is 1. The fourth-order valence-corrected chi connectivity index (χ4v) is 1.76. The Hall–Kier alpha value is -2.22. The van der Waals surface area contributed by atoms with Gasteiger partial charge in [0.25, 0.3) is 5.69 Å². The largest absolute Gasteiger partial charge is 0.502 e. The molecule has 0 heterocycles. The second kappa shape index (κ2) is 6.10. The molecule has 1 rings (SSSR count). The molecule has 104 valence electrons. The van der Waals surface area contributed by atoms with E-state index in [1.165, 1.54) is 0 Å². The van der Waals surface area contributed by atoms with Gasteiger partial charge in [0.05, 0.1) is 15.4 Å². The molecule has 0 unspecified atom stereocenters. The number of phenolic OH excluding ortho intramolecular Hbond substituents is 1. The Kier molecular flexibility index (Phi) is 4.76. The highest BCUT2D eigenvalue weighted by atomic mass is 16.6. The zero-order chi connectivity index (χ0) is 14.6. The van der Waals surface area contributed by atoms with Crippen molar-refractivity contribution in [2.24, 2.45) is 0 Å². The van der Waals surface area contributed by atoms with Crippen LogP contribution in [-0.4, -0.2) is 32.9 Å². The Morgan fingerprint density at radius 2 is 1.58 bits per heavy atom. The summed E-state index contributed by atoms with van der Waals surface area (Å²) in [6.45, 7) is 5.07. The van der Waals surface area contributed by atoms with Gasteiger partial charge in [0.1, 0.15) is 0 Å². The number of nitrogens with zero attached hydrogens (tertiary/aromatic N) is 3. The molecule has 0 spiro atoms. The van der Waals surface area contributed by atoms with Crippen LogP contribution in [0.25, 0.3) is 0 Å². The topological polar surface area (TPSA) is 110 Å². The number of aromatic hydroxyl groups is 1. The van der Waals surface area contributed by atoms with Gasteiger partial charge in [0, 0.05) is 18.7 Å². The standard InChI is InChI=1S/C11H15N3O5/c1-3-12(4-2)7-8-9(13(16)17)5-6-10(11(8)15)14(18)19/h5-6,15H,3-4,7H2,1-2H3. The average Bonchev–Trinajstić information content (AvgIpc) is 2.36. The molecule has 1 aromatic carbocycles. The van der Waals surface area contributed by atoms with Gasteiger partial charge in [0.15, 0.2) is 0 Å². The number of nitro groups is 2. The normalized spacial score (nSPS) is 10.7. The molecular weight excluding hydrogens is 254 g/mol. The first-order valence-corrected chi connectivity index (χ1v) is 5.78. The van der Waals surface area contributed by atoms with Crippen molar-refractivity contribution in [1.29, 1.82) is 0 Å². The average molecular weight is 269 g/mol. The molecule has 0 amide bonds. The zero-order valence-corrected chi connectivity index (χ0v) is 10.7. The summed E-state index contributed by atoms with van der Waals surface area (Å²) in [6.07, 6.45) is 0. The van der Waals surface area contributed by atoms with Crippen LogP contribution in [0, 0.1) is 20.2 Å². The molecule has 1 aromatic rings. The summed E-state index contributed by atoms with van der Waals surface area (Å²) in [6, 6.07) is 2.00. The predicted molar refractivity (Wildman–Crippen MR) is 68.0 cm³/mol. The van der Waals surface area contributed by atoms with Gasteiger partial charge in [-0.1, -0.05) is 13.8 Å². The van der Waals surface area contributed by atoms with E-state index >= 15 is 0 Å². The first kappa shape index (κ1) is 14.8. The van der Waals surface area contributed by atoms with E-state index in [4.69, 9.17) is 0 Å². The van der Waals surface area contributed by atoms with E-state index in [-0.39, 0.29) is 17.8 Å². The number of benzene rings is 1. The molecule has 0 aliphatic heterocycles. The van der Waals surface area contributed by atoms with Crippen LogP contribution in [-0.2, 0) is 6.54 Å². The van der Waals surface area contributed by atoms with Crippen LogP contribution in [0.4, 0.5) is 11.4 Å². The van der Waals surface area contributed by atoms with E-state index in [1.807, 2.05) is 18.7 Å². The lowest BCUT2D eigenvalue weighted by atomic mass is 10.1. The van der Waals surface area contributed by atoms with Crippen LogP contribution in [0.3, 0.4) is 0 Å². The van der Waals surface area contributed by atoms with Crippen molar-refractivity contribution in [3.8, 4) is 5.75 Å². The lowest BCUT2D eigenvalue weighted by Gasteiger charge is -2.18. The highest BCUT2D eigenvalue weighted by Gasteiger charge is 2.26. The summed E-state index contributed by atoms with van der Waals surface area (Å²) in [4.78, 5) is 22.1. The van der Waals surface area contributed by atoms with Gasteiger partial charge in [-0.15, -0.1) is 0 Å². The van der Waals surface area contributed by atoms with Crippen LogP contribution >= 0.6 is 0 Å². The third-order valence-corrected chi connectivity index (χ3v) is 2.91. The first-order valence-electron chi connectivity index (χ1n) is 5.78. The molecule has 0 aliphatic carbocycles. The maximum atomic E-state index is 10.9. The molecule has 0 aromatic heterocycles. The minimum atomic E-state index is -0.759. The predicted octanol–water partition coefficient (Wildman–Crippen LogP) is 2.05. The third-order valence-electron chi connectivity index (χ3n) is 2.91. The molecule has 0 fully saturated rings. The van der Waals surface area contributed by atoms with Crippen LogP contribution in [0.2, 0.25) is 0 Å². The van der Waals surface area contributed by atoms with Crippen LogP contribution in [0.15, 0.2) is 12.1 Å². The van der Waals surface area contributed by atoms with E-state index in [1.54, 1.807) is 0 Å². The fourth-order valence-electron chi connectivity index (χ4n) is 1.76. The quantitative estimate of drug-likeness (QED) is 0.625. The van der Waals surface area contributed by atoms with Crippen LogP contribution in [0.5, 0.6) is 5.75 Å². The molecular formula is C11H15N3O5. The van der Waals surface area contributed by atoms with Gasteiger partial charge in [-0.3, -0.25) is 25.1 Å². The SMILES string of the molecule is CCN(CC)Cc1c([N+](=O)[O-])ccc([N+](=O)[O-])c1O. The zero-order valence-electron chi connectivity index (χ0n) is 10.7. The Morgan fingerprint density at radius 3 is 2.00 bits per heavy atom. The van der Waals surface area contributed by atoms with Gasteiger partial charge in [-0.25, -0.2) is 0 Å². The smallest absolute Gasteiger partial charge is 0.311 e. The number of hydrogen-bond acceptors (Lipinski definition) is 6. The van der Waals surface area contributed by atoms with E-state index in [0.29, 0.717) is 13.1 Å². The van der Waals surface area contributed by atoms with Crippen LogP contribution < -0.4 is 0 Å². The lowest BCUT2D eigenvalue weighted by molar-refractivity contribution is -0.390. The maximum absolute atomic E-state index is 10.9. The van der Waals surface area contributed by atoms with E-state index < -0.39 is 21.3 Å². The molecule has 0 radical (unpaired) electrons. The minimum Gasteiger partial charge on any atom is -0.502 e. The van der Waals surface area contributed by atoms with Crippen molar-refractivity contribution in [1.82, 2.24) is 4.90 Å². The van der Waals surface area contributed by atoms with E-state index in [9.17, 15) is 25.3 Å².